The van der Waals surface area contributed by atoms with Gasteiger partial charge in [-0.25, -0.2) is 0 Å². The van der Waals surface area contributed by atoms with Gasteiger partial charge in [-0.1, -0.05) is 12.1 Å². The number of alkyl halides is 3. The molecule has 2 amide bonds. The molecule has 1 aliphatic heterocycles. The fourth-order valence-electron chi connectivity index (χ4n) is 2.40. The lowest BCUT2D eigenvalue weighted by molar-refractivity contribution is -0.157. The molecule has 0 radical (unpaired) electrons. The SMILES string of the molecule is CCOc1ccccc1NC(=O)C1CC(=O)N(CC(F)(F)F)C1. The molecular weight excluding hydrogens is 313 g/mol. The van der Waals surface area contributed by atoms with Crippen molar-refractivity contribution < 1.29 is 27.5 Å². The van der Waals surface area contributed by atoms with Crippen molar-refractivity contribution in [1.29, 1.82) is 0 Å². The van der Waals surface area contributed by atoms with Gasteiger partial charge >= 0.3 is 6.18 Å². The largest absolute Gasteiger partial charge is 0.492 e. The van der Waals surface area contributed by atoms with Crippen LogP contribution in [0.1, 0.15) is 13.3 Å². The van der Waals surface area contributed by atoms with Gasteiger partial charge in [-0.3, -0.25) is 9.59 Å². The second kappa shape index (κ2) is 6.89. The molecule has 1 atom stereocenters. The predicted octanol–water partition coefficient (Wildman–Crippen LogP) is 2.43. The van der Waals surface area contributed by atoms with Crippen molar-refractivity contribution in [3.05, 3.63) is 24.3 Å². The van der Waals surface area contributed by atoms with Gasteiger partial charge in [0.15, 0.2) is 0 Å². The molecule has 23 heavy (non-hydrogen) atoms. The van der Waals surface area contributed by atoms with E-state index >= 15 is 0 Å². The van der Waals surface area contributed by atoms with Gasteiger partial charge in [-0.15, -0.1) is 0 Å². The van der Waals surface area contributed by atoms with Crippen LogP contribution in [0.15, 0.2) is 24.3 Å². The number of likely N-dealkylation sites (tertiary alicyclic amines) is 1. The second-order valence-electron chi connectivity index (χ2n) is 5.21. The van der Waals surface area contributed by atoms with Crippen LogP contribution in [0.4, 0.5) is 18.9 Å². The van der Waals surface area contributed by atoms with Crippen molar-refractivity contribution in [3.63, 3.8) is 0 Å². The molecule has 1 aromatic rings. The molecule has 1 heterocycles. The Morgan fingerprint density at radius 2 is 2.09 bits per heavy atom. The molecule has 0 spiro atoms. The van der Waals surface area contributed by atoms with E-state index in [-0.39, 0.29) is 13.0 Å². The molecule has 1 aliphatic rings. The molecule has 1 aromatic carbocycles. The fourth-order valence-corrected chi connectivity index (χ4v) is 2.40. The minimum atomic E-state index is -4.47. The number of ether oxygens (including phenoxy) is 1. The van der Waals surface area contributed by atoms with Gasteiger partial charge in [0.1, 0.15) is 12.3 Å². The number of rotatable bonds is 5. The highest BCUT2D eigenvalue weighted by Gasteiger charge is 2.40. The van der Waals surface area contributed by atoms with Crippen LogP contribution in [-0.2, 0) is 9.59 Å². The topological polar surface area (TPSA) is 58.6 Å². The monoisotopic (exact) mass is 330 g/mol. The number of anilines is 1. The molecule has 2 rings (SSSR count). The molecule has 1 N–H and O–H groups in total. The minimum absolute atomic E-state index is 0.223. The van der Waals surface area contributed by atoms with Crippen molar-refractivity contribution in [3.8, 4) is 5.75 Å². The number of carbonyl (C=O) groups excluding carboxylic acids is 2. The van der Waals surface area contributed by atoms with Gasteiger partial charge < -0.3 is 15.0 Å². The average molecular weight is 330 g/mol. The zero-order valence-corrected chi connectivity index (χ0v) is 12.5. The van der Waals surface area contributed by atoms with Crippen molar-refractivity contribution in [2.45, 2.75) is 19.5 Å². The van der Waals surface area contributed by atoms with E-state index in [1.54, 1.807) is 31.2 Å². The molecule has 0 bridgehead atoms. The predicted molar refractivity (Wildman–Crippen MR) is 77.0 cm³/mol. The lowest BCUT2D eigenvalue weighted by atomic mass is 10.1. The Labute approximate surface area is 131 Å². The minimum Gasteiger partial charge on any atom is -0.492 e. The van der Waals surface area contributed by atoms with Gasteiger partial charge in [0.25, 0.3) is 0 Å². The number of amides is 2. The Balaban J connectivity index is 2.01. The quantitative estimate of drug-likeness (QED) is 0.902. The number of para-hydroxylation sites is 2. The molecule has 1 unspecified atom stereocenters. The standard InChI is InChI=1S/C15H17F3N2O3/c1-2-23-12-6-4-3-5-11(12)19-14(22)10-7-13(21)20(8-10)9-15(16,17)18/h3-6,10H,2,7-9H2,1H3,(H,19,22). The molecule has 0 aliphatic carbocycles. The summed E-state index contributed by atoms with van der Waals surface area (Å²) >= 11 is 0. The first kappa shape index (κ1) is 17.1. The van der Waals surface area contributed by atoms with E-state index in [9.17, 15) is 22.8 Å². The van der Waals surface area contributed by atoms with Crippen molar-refractivity contribution in [2.75, 3.05) is 25.0 Å². The number of halogens is 3. The molecule has 1 saturated heterocycles. The summed E-state index contributed by atoms with van der Waals surface area (Å²) < 4.78 is 42.5. The third kappa shape index (κ3) is 4.61. The molecule has 0 aromatic heterocycles. The van der Waals surface area contributed by atoms with Crippen LogP contribution in [0.3, 0.4) is 0 Å². The number of hydrogen-bond acceptors (Lipinski definition) is 3. The maximum absolute atomic E-state index is 12.4. The van der Waals surface area contributed by atoms with Crippen LogP contribution in [0.5, 0.6) is 5.75 Å². The van der Waals surface area contributed by atoms with Crippen LogP contribution in [-0.4, -0.2) is 42.6 Å². The Hall–Kier alpha value is -2.25. The number of benzene rings is 1. The van der Waals surface area contributed by atoms with E-state index in [0.29, 0.717) is 22.9 Å². The Morgan fingerprint density at radius 1 is 1.39 bits per heavy atom. The molecule has 8 heteroatoms. The fraction of sp³-hybridized carbons (Fsp3) is 0.467. The third-order valence-electron chi connectivity index (χ3n) is 3.40. The number of carbonyl (C=O) groups is 2. The van der Waals surface area contributed by atoms with Crippen molar-refractivity contribution >= 4 is 17.5 Å². The summed E-state index contributed by atoms with van der Waals surface area (Å²) in [6, 6.07) is 6.75. The van der Waals surface area contributed by atoms with E-state index in [2.05, 4.69) is 5.32 Å². The van der Waals surface area contributed by atoms with Gasteiger partial charge in [-0.05, 0) is 19.1 Å². The number of nitrogens with zero attached hydrogens (tertiary/aromatic N) is 1. The molecule has 0 saturated carbocycles. The maximum Gasteiger partial charge on any atom is 0.406 e. The van der Waals surface area contributed by atoms with E-state index in [1.807, 2.05) is 0 Å². The maximum atomic E-state index is 12.4. The van der Waals surface area contributed by atoms with Gasteiger partial charge in [0.2, 0.25) is 11.8 Å². The summed E-state index contributed by atoms with van der Waals surface area (Å²) in [5, 5.41) is 2.62. The molecule has 1 fully saturated rings. The number of hydrogen-bond donors (Lipinski definition) is 1. The van der Waals surface area contributed by atoms with E-state index < -0.39 is 30.5 Å². The Bertz CT molecular complexity index is 590. The summed E-state index contributed by atoms with van der Waals surface area (Å²) in [7, 11) is 0. The Morgan fingerprint density at radius 3 is 2.74 bits per heavy atom. The first-order valence-electron chi connectivity index (χ1n) is 7.17. The lowest BCUT2D eigenvalue weighted by Gasteiger charge is -2.18. The smallest absolute Gasteiger partial charge is 0.406 e. The van der Waals surface area contributed by atoms with Crippen LogP contribution in [0.2, 0.25) is 0 Å². The lowest BCUT2D eigenvalue weighted by Crippen LogP contribution is -2.36. The van der Waals surface area contributed by atoms with Crippen molar-refractivity contribution in [1.82, 2.24) is 4.90 Å². The van der Waals surface area contributed by atoms with Crippen LogP contribution >= 0.6 is 0 Å². The van der Waals surface area contributed by atoms with Gasteiger partial charge in [-0.2, -0.15) is 13.2 Å². The normalized spacial score (nSPS) is 18.2. The summed E-state index contributed by atoms with van der Waals surface area (Å²) in [6.07, 6.45) is -4.69. The zero-order chi connectivity index (χ0) is 17.0. The Kier molecular flexibility index (Phi) is 5.12. The first-order valence-corrected chi connectivity index (χ1v) is 7.17. The molecule has 126 valence electrons. The van der Waals surface area contributed by atoms with Gasteiger partial charge in [0.05, 0.1) is 18.2 Å². The first-order chi connectivity index (χ1) is 10.8. The van der Waals surface area contributed by atoms with Crippen molar-refractivity contribution in [2.24, 2.45) is 5.92 Å². The average Bonchev–Trinajstić information content (AvgIpc) is 2.81. The van der Waals surface area contributed by atoms with Crippen LogP contribution in [0, 0.1) is 5.92 Å². The van der Waals surface area contributed by atoms with E-state index in [1.165, 1.54) is 0 Å². The summed E-state index contributed by atoms with van der Waals surface area (Å²) in [4.78, 5) is 24.5. The van der Waals surface area contributed by atoms with E-state index in [4.69, 9.17) is 4.74 Å². The highest BCUT2D eigenvalue weighted by molar-refractivity contribution is 5.98. The number of nitrogens with one attached hydrogen (secondary N) is 1. The van der Waals surface area contributed by atoms with Crippen LogP contribution < -0.4 is 10.1 Å². The molecular formula is C15H17F3N2O3. The highest BCUT2D eigenvalue weighted by Crippen LogP contribution is 2.27. The summed E-state index contributed by atoms with van der Waals surface area (Å²) in [6.45, 7) is 0.642. The molecule has 5 nitrogen and oxygen atoms in total. The summed E-state index contributed by atoms with van der Waals surface area (Å²) in [5.74, 6) is -1.49. The summed E-state index contributed by atoms with van der Waals surface area (Å²) in [5.41, 5.74) is 0.432. The van der Waals surface area contributed by atoms with E-state index in [0.717, 1.165) is 0 Å². The second-order valence-corrected chi connectivity index (χ2v) is 5.21. The zero-order valence-electron chi connectivity index (χ0n) is 12.5. The third-order valence-corrected chi connectivity index (χ3v) is 3.40. The highest BCUT2D eigenvalue weighted by atomic mass is 19.4. The van der Waals surface area contributed by atoms with Gasteiger partial charge in [0, 0.05) is 13.0 Å². The van der Waals surface area contributed by atoms with Crippen LogP contribution in [0.25, 0.3) is 0 Å².